The Kier molecular flexibility index (Phi) is 6.79. The first-order valence-corrected chi connectivity index (χ1v) is 9.80. The van der Waals surface area contributed by atoms with Gasteiger partial charge in [0.2, 0.25) is 0 Å². The summed E-state index contributed by atoms with van der Waals surface area (Å²) in [6.45, 7) is 5.31. The Balaban J connectivity index is 1.44. The Hall–Kier alpha value is -3.41. The number of rotatable bonds is 7. The number of imidazole rings is 1. The largest absolute Gasteiger partial charge is 0.348 e. The van der Waals surface area contributed by atoms with Gasteiger partial charge >= 0.3 is 11.8 Å². The van der Waals surface area contributed by atoms with E-state index in [1.165, 1.54) is 5.56 Å². The fraction of sp³-hybridized carbons (Fsp3) is 0.261. The molecule has 6 nitrogen and oxygen atoms in total. The molecule has 0 unspecified atom stereocenters. The van der Waals surface area contributed by atoms with Crippen LogP contribution in [0.1, 0.15) is 31.7 Å². The van der Waals surface area contributed by atoms with Crippen molar-refractivity contribution in [3.8, 4) is 11.4 Å². The van der Waals surface area contributed by atoms with E-state index in [4.69, 9.17) is 0 Å². The predicted molar refractivity (Wildman–Crippen MR) is 114 cm³/mol. The van der Waals surface area contributed by atoms with E-state index in [0.29, 0.717) is 31.1 Å². The Morgan fingerprint density at radius 3 is 2.41 bits per heavy atom. The minimum Gasteiger partial charge on any atom is -0.348 e. The van der Waals surface area contributed by atoms with Crippen LogP contribution >= 0.6 is 0 Å². The molecule has 0 bridgehead atoms. The molecule has 0 radical (unpaired) electrons. The summed E-state index contributed by atoms with van der Waals surface area (Å²) in [5, 5.41) is 5.30. The maximum Gasteiger partial charge on any atom is 0.313 e. The molecule has 1 heterocycles. The van der Waals surface area contributed by atoms with Crippen molar-refractivity contribution in [1.82, 2.24) is 14.9 Å². The van der Waals surface area contributed by atoms with Crippen LogP contribution in [0.25, 0.3) is 11.4 Å². The van der Waals surface area contributed by atoms with Crippen molar-refractivity contribution >= 4 is 17.5 Å². The van der Waals surface area contributed by atoms with Gasteiger partial charge in [-0.1, -0.05) is 56.3 Å². The molecule has 3 aromatic rings. The molecule has 0 spiro atoms. The van der Waals surface area contributed by atoms with Gasteiger partial charge < -0.3 is 15.2 Å². The number of nitrogens with one attached hydrogen (secondary N) is 2. The zero-order valence-corrected chi connectivity index (χ0v) is 16.8. The average Bonchev–Trinajstić information content (AvgIpc) is 3.20. The molecular formula is C23H26N4O2. The Labute approximate surface area is 171 Å². The molecule has 2 N–H and O–H groups in total. The van der Waals surface area contributed by atoms with Gasteiger partial charge in [-0.2, -0.15) is 0 Å². The fourth-order valence-electron chi connectivity index (χ4n) is 3.01. The number of benzene rings is 2. The number of aromatic nitrogens is 2. The summed E-state index contributed by atoms with van der Waals surface area (Å²) in [6, 6.07) is 17.5. The minimum absolute atomic E-state index is 0.408. The first-order valence-electron chi connectivity index (χ1n) is 9.80. The third-order valence-electron chi connectivity index (χ3n) is 4.65. The molecule has 0 aliphatic rings. The van der Waals surface area contributed by atoms with Gasteiger partial charge in [0, 0.05) is 36.7 Å². The number of hydrogen-bond donors (Lipinski definition) is 2. The molecule has 2 aromatic carbocycles. The van der Waals surface area contributed by atoms with Crippen molar-refractivity contribution in [2.24, 2.45) is 0 Å². The summed E-state index contributed by atoms with van der Waals surface area (Å²) < 4.78 is 2.04. The number of carbonyl (C=O) groups is 2. The topological polar surface area (TPSA) is 76.0 Å². The third-order valence-corrected chi connectivity index (χ3v) is 4.65. The lowest BCUT2D eigenvalue weighted by Crippen LogP contribution is -2.36. The van der Waals surface area contributed by atoms with Crippen molar-refractivity contribution in [3.63, 3.8) is 0 Å². The standard InChI is InChI=1S/C23H26N4O2/c1-17(2)18-9-11-20(12-10-18)26-23(29)22(28)25-13-6-15-27-16-14-24-21(27)19-7-4-3-5-8-19/h3-5,7-12,14,16-17H,6,13,15H2,1-2H3,(H,25,28)(H,26,29). The van der Waals surface area contributed by atoms with Crippen molar-refractivity contribution in [1.29, 1.82) is 0 Å². The van der Waals surface area contributed by atoms with Crippen molar-refractivity contribution in [2.45, 2.75) is 32.7 Å². The summed E-state index contributed by atoms with van der Waals surface area (Å²) in [4.78, 5) is 28.5. The van der Waals surface area contributed by atoms with E-state index < -0.39 is 11.8 Å². The zero-order valence-electron chi connectivity index (χ0n) is 16.8. The Bertz CT molecular complexity index is 947. The van der Waals surface area contributed by atoms with Gasteiger partial charge in [-0.05, 0) is 30.0 Å². The average molecular weight is 390 g/mol. The zero-order chi connectivity index (χ0) is 20.6. The molecule has 0 saturated carbocycles. The third kappa shape index (κ3) is 5.54. The Morgan fingerprint density at radius 1 is 1.00 bits per heavy atom. The van der Waals surface area contributed by atoms with Crippen LogP contribution in [-0.2, 0) is 16.1 Å². The van der Waals surface area contributed by atoms with E-state index in [1.807, 2.05) is 65.4 Å². The monoisotopic (exact) mass is 390 g/mol. The second-order valence-corrected chi connectivity index (χ2v) is 7.15. The Morgan fingerprint density at radius 2 is 1.72 bits per heavy atom. The molecular weight excluding hydrogens is 364 g/mol. The van der Waals surface area contributed by atoms with E-state index in [2.05, 4.69) is 29.5 Å². The summed E-state index contributed by atoms with van der Waals surface area (Å²) in [6.07, 6.45) is 4.37. The maximum atomic E-state index is 12.1. The van der Waals surface area contributed by atoms with E-state index in [9.17, 15) is 9.59 Å². The highest BCUT2D eigenvalue weighted by molar-refractivity contribution is 6.39. The molecule has 2 amide bonds. The van der Waals surface area contributed by atoms with Crippen LogP contribution in [0.15, 0.2) is 67.0 Å². The smallest absolute Gasteiger partial charge is 0.313 e. The summed E-state index contributed by atoms with van der Waals surface area (Å²) in [5.74, 6) is 0.0159. The molecule has 1 aromatic heterocycles. The van der Waals surface area contributed by atoms with E-state index >= 15 is 0 Å². The summed E-state index contributed by atoms with van der Waals surface area (Å²) in [7, 11) is 0. The van der Waals surface area contributed by atoms with E-state index in [1.54, 1.807) is 6.20 Å². The maximum absolute atomic E-state index is 12.1. The van der Waals surface area contributed by atoms with Gasteiger partial charge in [0.15, 0.2) is 0 Å². The van der Waals surface area contributed by atoms with Gasteiger partial charge in [-0.25, -0.2) is 4.98 Å². The van der Waals surface area contributed by atoms with Crippen LogP contribution in [-0.4, -0.2) is 27.9 Å². The normalized spacial score (nSPS) is 10.7. The molecule has 0 aliphatic heterocycles. The van der Waals surface area contributed by atoms with Crippen LogP contribution in [0.4, 0.5) is 5.69 Å². The number of nitrogens with zero attached hydrogens (tertiary/aromatic N) is 2. The molecule has 150 valence electrons. The van der Waals surface area contributed by atoms with Crippen LogP contribution in [0.3, 0.4) is 0 Å². The van der Waals surface area contributed by atoms with Crippen LogP contribution < -0.4 is 10.6 Å². The second kappa shape index (κ2) is 9.68. The SMILES string of the molecule is CC(C)c1ccc(NC(=O)C(=O)NCCCn2ccnc2-c2ccccc2)cc1. The van der Waals surface area contributed by atoms with Gasteiger partial charge in [0.05, 0.1) is 0 Å². The molecule has 0 fully saturated rings. The highest BCUT2D eigenvalue weighted by atomic mass is 16.2. The van der Waals surface area contributed by atoms with Gasteiger partial charge in [0.1, 0.15) is 5.82 Å². The number of anilines is 1. The van der Waals surface area contributed by atoms with Crippen molar-refractivity contribution in [2.75, 3.05) is 11.9 Å². The first kappa shape index (κ1) is 20.3. The molecule has 3 rings (SSSR count). The van der Waals surface area contributed by atoms with Gasteiger partial charge in [0.25, 0.3) is 0 Å². The summed E-state index contributed by atoms with van der Waals surface area (Å²) in [5.41, 5.74) is 2.84. The van der Waals surface area contributed by atoms with Gasteiger partial charge in [-0.15, -0.1) is 0 Å². The lowest BCUT2D eigenvalue weighted by Gasteiger charge is -2.10. The summed E-state index contributed by atoms with van der Waals surface area (Å²) >= 11 is 0. The lowest BCUT2D eigenvalue weighted by atomic mass is 10.0. The number of hydrogen-bond acceptors (Lipinski definition) is 3. The number of aryl methyl sites for hydroxylation is 1. The van der Waals surface area contributed by atoms with E-state index in [-0.39, 0.29) is 0 Å². The molecule has 0 saturated heterocycles. The van der Waals surface area contributed by atoms with Crippen LogP contribution in [0.2, 0.25) is 0 Å². The second-order valence-electron chi connectivity index (χ2n) is 7.15. The van der Waals surface area contributed by atoms with Gasteiger partial charge in [-0.3, -0.25) is 9.59 Å². The van der Waals surface area contributed by atoms with Crippen LogP contribution in [0, 0.1) is 0 Å². The number of amides is 2. The fourth-order valence-corrected chi connectivity index (χ4v) is 3.01. The quantitative estimate of drug-likeness (QED) is 0.476. The lowest BCUT2D eigenvalue weighted by molar-refractivity contribution is -0.136. The minimum atomic E-state index is -0.657. The first-order chi connectivity index (χ1) is 14.0. The predicted octanol–water partition coefficient (Wildman–Crippen LogP) is 3.82. The molecule has 6 heteroatoms. The number of carbonyl (C=O) groups excluding carboxylic acids is 2. The van der Waals surface area contributed by atoms with Crippen molar-refractivity contribution in [3.05, 3.63) is 72.6 Å². The highest BCUT2D eigenvalue weighted by Crippen LogP contribution is 2.18. The molecule has 29 heavy (non-hydrogen) atoms. The highest BCUT2D eigenvalue weighted by Gasteiger charge is 2.13. The molecule has 0 atom stereocenters. The van der Waals surface area contributed by atoms with Crippen molar-refractivity contribution < 1.29 is 9.59 Å². The van der Waals surface area contributed by atoms with Crippen LogP contribution in [0.5, 0.6) is 0 Å². The van der Waals surface area contributed by atoms with E-state index in [0.717, 1.165) is 11.4 Å². The molecule has 0 aliphatic carbocycles.